The van der Waals surface area contributed by atoms with Gasteiger partial charge in [0.2, 0.25) is 5.91 Å². The maximum atomic E-state index is 12.2. The summed E-state index contributed by atoms with van der Waals surface area (Å²) in [5.74, 6) is 1.01. The average molecular weight is 333 g/mol. The molecule has 2 rings (SSSR count). The lowest BCUT2D eigenvalue weighted by atomic mass is 10.2. The van der Waals surface area contributed by atoms with Crippen molar-refractivity contribution < 1.29 is 14.3 Å². The van der Waals surface area contributed by atoms with Crippen LogP contribution in [0.2, 0.25) is 0 Å². The zero-order chi connectivity index (χ0) is 17.5. The molecule has 0 aliphatic carbocycles. The second-order valence-corrected chi connectivity index (χ2v) is 6.26. The van der Waals surface area contributed by atoms with Crippen LogP contribution in [0.5, 0.6) is 5.75 Å². The summed E-state index contributed by atoms with van der Waals surface area (Å²) in [6.45, 7) is 4.96. The third-order valence-electron chi connectivity index (χ3n) is 4.17. The molecule has 6 nitrogen and oxygen atoms in total. The Morgan fingerprint density at radius 1 is 1.08 bits per heavy atom. The number of benzene rings is 1. The minimum atomic E-state index is 0.00808. The molecule has 0 atom stereocenters. The van der Waals surface area contributed by atoms with E-state index in [-0.39, 0.29) is 11.9 Å². The number of carbonyl (C=O) groups excluding carboxylic acids is 2. The number of ether oxygens (including phenoxy) is 1. The van der Waals surface area contributed by atoms with Crippen LogP contribution in [0.25, 0.3) is 0 Å². The number of urea groups is 1. The Morgan fingerprint density at radius 2 is 1.71 bits per heavy atom. The second kappa shape index (κ2) is 8.57. The van der Waals surface area contributed by atoms with Crippen molar-refractivity contribution in [3.05, 3.63) is 29.8 Å². The Bertz CT molecular complexity index is 566. The fourth-order valence-electron chi connectivity index (χ4n) is 2.71. The highest BCUT2D eigenvalue weighted by Crippen LogP contribution is 2.16. The molecule has 0 spiro atoms. The largest absolute Gasteiger partial charge is 0.493 e. The van der Waals surface area contributed by atoms with Crippen molar-refractivity contribution in [3.8, 4) is 5.75 Å². The van der Waals surface area contributed by atoms with E-state index >= 15 is 0 Å². The molecule has 1 aliphatic rings. The summed E-state index contributed by atoms with van der Waals surface area (Å²) in [5.41, 5.74) is 1.10. The van der Waals surface area contributed by atoms with Crippen LogP contribution >= 0.6 is 0 Å². The zero-order valence-electron chi connectivity index (χ0n) is 14.8. The minimum Gasteiger partial charge on any atom is -0.493 e. The number of piperazine rings is 1. The van der Waals surface area contributed by atoms with E-state index in [1.54, 1.807) is 23.9 Å². The lowest BCUT2D eigenvalue weighted by Crippen LogP contribution is -2.52. The molecule has 1 aliphatic heterocycles. The molecule has 0 radical (unpaired) electrons. The predicted octanol–water partition coefficient (Wildman–Crippen LogP) is 1.98. The van der Waals surface area contributed by atoms with Gasteiger partial charge in [0, 0.05) is 46.7 Å². The fraction of sp³-hybridized carbons (Fsp3) is 0.556. The van der Waals surface area contributed by atoms with Gasteiger partial charge in [0.05, 0.1) is 6.61 Å². The number of carbonyl (C=O) groups is 2. The van der Waals surface area contributed by atoms with E-state index in [2.05, 4.69) is 0 Å². The van der Waals surface area contributed by atoms with Crippen LogP contribution in [0.15, 0.2) is 24.3 Å². The van der Waals surface area contributed by atoms with Gasteiger partial charge < -0.3 is 19.4 Å². The quantitative estimate of drug-likeness (QED) is 0.774. The van der Waals surface area contributed by atoms with Crippen LogP contribution in [0.1, 0.15) is 18.4 Å². The third kappa shape index (κ3) is 4.88. The first-order chi connectivity index (χ1) is 11.5. The first kappa shape index (κ1) is 18.1. The summed E-state index contributed by atoms with van der Waals surface area (Å²) in [7, 11) is 3.49. The zero-order valence-corrected chi connectivity index (χ0v) is 14.8. The van der Waals surface area contributed by atoms with Gasteiger partial charge in [-0.2, -0.15) is 0 Å². The number of amides is 3. The number of aryl methyl sites for hydroxylation is 1. The van der Waals surface area contributed by atoms with Gasteiger partial charge in [0.25, 0.3) is 0 Å². The topological polar surface area (TPSA) is 53.1 Å². The third-order valence-corrected chi connectivity index (χ3v) is 4.17. The molecule has 1 aromatic rings. The average Bonchev–Trinajstić information content (AvgIpc) is 2.59. The molecule has 1 aromatic carbocycles. The number of hydrogen-bond donors (Lipinski definition) is 0. The van der Waals surface area contributed by atoms with Crippen LogP contribution in [0.4, 0.5) is 4.79 Å². The molecule has 24 heavy (non-hydrogen) atoms. The van der Waals surface area contributed by atoms with Crippen molar-refractivity contribution in [2.24, 2.45) is 0 Å². The molecule has 1 fully saturated rings. The maximum absolute atomic E-state index is 12.2. The predicted molar refractivity (Wildman–Crippen MR) is 93.1 cm³/mol. The SMILES string of the molecule is Cc1ccccc1OCCCC(=O)N1CCN(C(=O)N(C)C)CC1. The van der Waals surface area contributed by atoms with Crippen LogP contribution in [-0.2, 0) is 4.79 Å². The molecular formula is C18H27N3O3. The van der Waals surface area contributed by atoms with E-state index in [1.807, 2.05) is 36.1 Å². The molecule has 0 saturated carbocycles. The molecule has 3 amide bonds. The highest BCUT2D eigenvalue weighted by molar-refractivity contribution is 5.77. The molecule has 0 bridgehead atoms. The van der Waals surface area contributed by atoms with Crippen molar-refractivity contribution in [2.45, 2.75) is 19.8 Å². The lowest BCUT2D eigenvalue weighted by Gasteiger charge is -2.36. The highest BCUT2D eigenvalue weighted by Gasteiger charge is 2.24. The first-order valence-electron chi connectivity index (χ1n) is 8.41. The van der Waals surface area contributed by atoms with Crippen molar-refractivity contribution in [3.63, 3.8) is 0 Å². The van der Waals surface area contributed by atoms with Crippen LogP contribution in [0.3, 0.4) is 0 Å². The van der Waals surface area contributed by atoms with E-state index in [1.165, 1.54) is 0 Å². The van der Waals surface area contributed by atoms with Crippen molar-refractivity contribution in [1.29, 1.82) is 0 Å². The smallest absolute Gasteiger partial charge is 0.319 e. The Kier molecular flexibility index (Phi) is 6.46. The van der Waals surface area contributed by atoms with E-state index in [9.17, 15) is 9.59 Å². The number of nitrogens with zero attached hydrogens (tertiary/aromatic N) is 3. The summed E-state index contributed by atoms with van der Waals surface area (Å²) in [6, 6.07) is 7.88. The van der Waals surface area contributed by atoms with E-state index in [0.717, 1.165) is 11.3 Å². The highest BCUT2D eigenvalue weighted by atomic mass is 16.5. The molecule has 6 heteroatoms. The minimum absolute atomic E-state index is 0.00808. The fourth-order valence-corrected chi connectivity index (χ4v) is 2.71. The summed E-state index contributed by atoms with van der Waals surface area (Å²) in [6.07, 6.45) is 1.18. The van der Waals surface area contributed by atoms with E-state index in [0.29, 0.717) is 45.6 Å². The monoisotopic (exact) mass is 333 g/mol. The maximum Gasteiger partial charge on any atom is 0.319 e. The van der Waals surface area contributed by atoms with Crippen LogP contribution in [-0.4, -0.2) is 73.5 Å². The lowest BCUT2D eigenvalue weighted by molar-refractivity contribution is -0.132. The van der Waals surface area contributed by atoms with Crippen LogP contribution in [0, 0.1) is 6.92 Å². The van der Waals surface area contributed by atoms with Gasteiger partial charge >= 0.3 is 6.03 Å². The van der Waals surface area contributed by atoms with Gasteiger partial charge in [0.1, 0.15) is 5.75 Å². The van der Waals surface area contributed by atoms with Crippen molar-refractivity contribution in [2.75, 3.05) is 46.9 Å². The van der Waals surface area contributed by atoms with Gasteiger partial charge in [-0.3, -0.25) is 4.79 Å². The van der Waals surface area contributed by atoms with E-state index in [4.69, 9.17) is 4.74 Å². The molecular weight excluding hydrogens is 306 g/mol. The standard InChI is InChI=1S/C18H27N3O3/c1-15-7-4-5-8-16(15)24-14-6-9-17(22)20-10-12-21(13-11-20)18(23)19(2)3/h4-5,7-8H,6,9-14H2,1-3H3. The van der Waals surface area contributed by atoms with Gasteiger partial charge in [-0.15, -0.1) is 0 Å². The molecule has 0 aromatic heterocycles. The van der Waals surface area contributed by atoms with E-state index < -0.39 is 0 Å². The first-order valence-corrected chi connectivity index (χ1v) is 8.41. The summed E-state index contributed by atoms with van der Waals surface area (Å²) in [4.78, 5) is 29.3. The molecule has 1 heterocycles. The van der Waals surface area contributed by atoms with Crippen LogP contribution < -0.4 is 4.74 Å². The summed E-state index contributed by atoms with van der Waals surface area (Å²) in [5, 5.41) is 0. The van der Waals surface area contributed by atoms with Gasteiger partial charge in [-0.05, 0) is 25.0 Å². The van der Waals surface area contributed by atoms with Gasteiger partial charge in [-0.1, -0.05) is 18.2 Å². The van der Waals surface area contributed by atoms with Gasteiger partial charge in [-0.25, -0.2) is 4.79 Å². The number of rotatable bonds is 5. The Morgan fingerprint density at radius 3 is 2.33 bits per heavy atom. The Balaban J connectivity index is 1.67. The summed E-state index contributed by atoms with van der Waals surface area (Å²) < 4.78 is 5.72. The van der Waals surface area contributed by atoms with Crippen molar-refractivity contribution in [1.82, 2.24) is 14.7 Å². The molecule has 0 unspecified atom stereocenters. The van der Waals surface area contributed by atoms with Gasteiger partial charge in [0.15, 0.2) is 0 Å². The molecule has 1 saturated heterocycles. The molecule has 132 valence electrons. The second-order valence-electron chi connectivity index (χ2n) is 6.26. The van der Waals surface area contributed by atoms with Crippen molar-refractivity contribution >= 4 is 11.9 Å². The normalized spacial score (nSPS) is 14.5. The molecule has 0 N–H and O–H groups in total. The number of hydrogen-bond acceptors (Lipinski definition) is 3. The Labute approximate surface area is 144 Å². The summed E-state index contributed by atoms with van der Waals surface area (Å²) >= 11 is 0. The Hall–Kier alpha value is -2.24. The number of para-hydroxylation sites is 1.